The first kappa shape index (κ1) is 15.9. The van der Waals surface area contributed by atoms with Crippen LogP contribution in [0.1, 0.15) is 10.4 Å². The molecule has 7 N–H and O–H groups in total. The number of rotatable bonds is 2. The number of aromatic nitrogens is 1. The number of benzene rings is 1. The molecule has 6 atom stereocenters. The van der Waals surface area contributed by atoms with Crippen LogP contribution in [0, 0.1) is 0 Å². The fraction of sp³-hybridized carbons (Fsp3) is 0.400. The van der Waals surface area contributed by atoms with Crippen LogP contribution in [0.15, 0.2) is 30.5 Å². The monoisotopic (exact) mass is 322 g/mol. The number of hydrogen-bond donors (Lipinski definition) is 7. The van der Waals surface area contributed by atoms with E-state index in [-0.39, 0.29) is 0 Å². The summed E-state index contributed by atoms with van der Waals surface area (Å²) in [6, 6.07) is 5.79. The average molecular weight is 322 g/mol. The molecule has 3 rings (SSSR count). The van der Waals surface area contributed by atoms with Crippen molar-refractivity contribution in [2.75, 3.05) is 0 Å². The summed E-state index contributed by atoms with van der Waals surface area (Å²) in [5.41, 5.74) is 1.05. The second kappa shape index (κ2) is 5.91. The molecule has 1 saturated carbocycles. The molecule has 1 fully saturated rings. The molecule has 1 aromatic carbocycles. The Morgan fingerprint density at radius 1 is 0.913 bits per heavy atom. The van der Waals surface area contributed by atoms with E-state index in [1.54, 1.807) is 18.2 Å². The van der Waals surface area contributed by atoms with Gasteiger partial charge < -0.3 is 35.8 Å². The molecule has 0 saturated heterocycles. The van der Waals surface area contributed by atoms with Crippen molar-refractivity contribution in [3.8, 4) is 0 Å². The lowest BCUT2D eigenvalue weighted by atomic mass is 9.83. The Kier molecular flexibility index (Phi) is 4.09. The van der Waals surface area contributed by atoms with E-state index in [2.05, 4.69) is 10.3 Å². The lowest BCUT2D eigenvalue weighted by Crippen LogP contribution is -2.68. The van der Waals surface area contributed by atoms with Gasteiger partial charge in [0.25, 0.3) is 5.91 Å². The summed E-state index contributed by atoms with van der Waals surface area (Å²) in [5, 5.41) is 51.9. The lowest BCUT2D eigenvalue weighted by Gasteiger charge is -2.42. The molecular formula is C15H18N2O6. The molecule has 2 unspecified atom stereocenters. The molecule has 0 aliphatic heterocycles. The molecule has 0 radical (unpaired) electrons. The number of aliphatic hydroxyl groups is 5. The highest BCUT2D eigenvalue weighted by Gasteiger charge is 2.48. The number of carbonyl (C=O) groups excluding carboxylic acids is 1. The van der Waals surface area contributed by atoms with Crippen LogP contribution in [-0.2, 0) is 0 Å². The number of H-pyrrole nitrogens is 1. The van der Waals surface area contributed by atoms with Crippen LogP contribution in [0.3, 0.4) is 0 Å². The summed E-state index contributed by atoms with van der Waals surface area (Å²) in [4.78, 5) is 15.3. The second-order valence-electron chi connectivity index (χ2n) is 5.70. The topological polar surface area (TPSA) is 146 Å². The van der Waals surface area contributed by atoms with E-state index in [4.69, 9.17) is 0 Å². The zero-order chi connectivity index (χ0) is 16.7. The summed E-state index contributed by atoms with van der Waals surface area (Å²) in [6.45, 7) is 0. The van der Waals surface area contributed by atoms with Gasteiger partial charge >= 0.3 is 0 Å². The van der Waals surface area contributed by atoms with Gasteiger partial charge in [-0.1, -0.05) is 18.2 Å². The van der Waals surface area contributed by atoms with Gasteiger partial charge in [0.1, 0.15) is 30.5 Å². The molecule has 8 heteroatoms. The van der Waals surface area contributed by atoms with Crippen LogP contribution in [0.5, 0.6) is 0 Å². The molecule has 0 spiro atoms. The Morgan fingerprint density at radius 2 is 1.48 bits per heavy atom. The minimum Gasteiger partial charge on any atom is -0.388 e. The Hall–Kier alpha value is -1.97. The summed E-state index contributed by atoms with van der Waals surface area (Å²) >= 11 is 0. The summed E-state index contributed by atoms with van der Waals surface area (Å²) in [6.07, 6.45) is -6.79. The van der Waals surface area contributed by atoms with Gasteiger partial charge in [-0.05, 0) is 6.07 Å². The number of fused-ring (bicyclic) bond motifs is 1. The van der Waals surface area contributed by atoms with Crippen molar-refractivity contribution in [1.29, 1.82) is 0 Å². The van der Waals surface area contributed by atoms with Crippen molar-refractivity contribution in [3.63, 3.8) is 0 Å². The van der Waals surface area contributed by atoms with E-state index in [1.165, 1.54) is 6.20 Å². The molecular weight excluding hydrogens is 304 g/mol. The molecule has 23 heavy (non-hydrogen) atoms. The molecule has 1 amide bonds. The van der Waals surface area contributed by atoms with E-state index in [1.807, 2.05) is 6.07 Å². The van der Waals surface area contributed by atoms with Crippen molar-refractivity contribution in [2.45, 2.75) is 36.6 Å². The molecule has 8 nitrogen and oxygen atoms in total. The van der Waals surface area contributed by atoms with E-state index in [0.29, 0.717) is 10.9 Å². The fourth-order valence-corrected chi connectivity index (χ4v) is 2.89. The SMILES string of the molecule is O=C(NC1[C@H](O)[C@H](O)C(O)[C@H](O)[C@H]1O)c1c[nH]c2ccccc12. The first-order valence-electron chi connectivity index (χ1n) is 7.19. The number of aliphatic hydroxyl groups excluding tert-OH is 5. The minimum absolute atomic E-state index is 0.301. The second-order valence-corrected chi connectivity index (χ2v) is 5.70. The van der Waals surface area contributed by atoms with E-state index in [0.717, 1.165) is 5.52 Å². The largest absolute Gasteiger partial charge is 0.388 e. The number of carbonyl (C=O) groups is 1. The van der Waals surface area contributed by atoms with Gasteiger partial charge in [0.2, 0.25) is 0 Å². The van der Waals surface area contributed by atoms with Crippen molar-refractivity contribution in [1.82, 2.24) is 10.3 Å². The summed E-state index contributed by atoms with van der Waals surface area (Å²) < 4.78 is 0. The summed E-state index contributed by atoms with van der Waals surface area (Å²) in [7, 11) is 0. The zero-order valence-electron chi connectivity index (χ0n) is 12.0. The Labute approximate surface area is 131 Å². The van der Waals surface area contributed by atoms with Crippen molar-refractivity contribution >= 4 is 16.8 Å². The average Bonchev–Trinajstić information content (AvgIpc) is 2.99. The molecule has 2 aromatic rings. The molecule has 1 aliphatic carbocycles. The van der Waals surface area contributed by atoms with Gasteiger partial charge in [0.05, 0.1) is 11.6 Å². The van der Waals surface area contributed by atoms with Crippen LogP contribution in [0.2, 0.25) is 0 Å². The highest BCUT2D eigenvalue weighted by molar-refractivity contribution is 6.06. The normalized spacial score (nSPS) is 34.5. The molecule has 1 heterocycles. The van der Waals surface area contributed by atoms with Gasteiger partial charge in [0, 0.05) is 17.1 Å². The molecule has 1 aromatic heterocycles. The lowest BCUT2D eigenvalue weighted by molar-refractivity contribution is -0.188. The number of nitrogens with one attached hydrogen (secondary N) is 2. The molecule has 1 aliphatic rings. The van der Waals surface area contributed by atoms with Crippen LogP contribution in [-0.4, -0.2) is 73.0 Å². The van der Waals surface area contributed by atoms with Gasteiger partial charge in [-0.25, -0.2) is 0 Å². The third-order valence-electron chi connectivity index (χ3n) is 4.27. The molecule has 124 valence electrons. The highest BCUT2D eigenvalue weighted by Crippen LogP contribution is 2.23. The zero-order valence-corrected chi connectivity index (χ0v) is 12.0. The standard InChI is InChI=1S/C15H18N2O6/c18-10-9(11(19)13(21)14(22)12(10)20)17-15(23)7-5-16-8-4-2-1-3-6(7)8/h1-5,9-14,16,18-22H,(H,17,23)/t9?,10-,11-,12-,13+,14?/m0/s1. The van der Waals surface area contributed by atoms with Gasteiger partial charge in [-0.15, -0.1) is 0 Å². The third kappa shape index (κ3) is 2.60. The fourth-order valence-electron chi connectivity index (χ4n) is 2.89. The Morgan fingerprint density at radius 3 is 2.13 bits per heavy atom. The predicted octanol–water partition coefficient (Wildman–Crippen LogP) is -1.92. The quantitative estimate of drug-likeness (QED) is 0.343. The van der Waals surface area contributed by atoms with E-state index < -0.39 is 42.5 Å². The first-order valence-corrected chi connectivity index (χ1v) is 7.19. The van der Waals surface area contributed by atoms with Crippen LogP contribution < -0.4 is 5.32 Å². The maximum absolute atomic E-state index is 12.4. The van der Waals surface area contributed by atoms with Crippen LogP contribution in [0.4, 0.5) is 0 Å². The minimum atomic E-state index is -1.69. The number of hydrogen-bond acceptors (Lipinski definition) is 6. The smallest absolute Gasteiger partial charge is 0.253 e. The van der Waals surface area contributed by atoms with Crippen molar-refractivity contribution < 1.29 is 30.3 Å². The van der Waals surface area contributed by atoms with Crippen molar-refractivity contribution in [3.05, 3.63) is 36.0 Å². The van der Waals surface area contributed by atoms with Crippen molar-refractivity contribution in [2.24, 2.45) is 0 Å². The highest BCUT2D eigenvalue weighted by atomic mass is 16.4. The maximum atomic E-state index is 12.4. The van der Waals surface area contributed by atoms with Gasteiger partial charge in [-0.2, -0.15) is 0 Å². The van der Waals surface area contributed by atoms with E-state index >= 15 is 0 Å². The van der Waals surface area contributed by atoms with Gasteiger partial charge in [0.15, 0.2) is 0 Å². The van der Waals surface area contributed by atoms with Crippen LogP contribution >= 0.6 is 0 Å². The van der Waals surface area contributed by atoms with E-state index in [9.17, 15) is 30.3 Å². The summed E-state index contributed by atoms with van der Waals surface area (Å²) in [5.74, 6) is -0.582. The van der Waals surface area contributed by atoms with Gasteiger partial charge in [-0.3, -0.25) is 4.79 Å². The number of aromatic amines is 1. The first-order chi connectivity index (χ1) is 10.9. The third-order valence-corrected chi connectivity index (χ3v) is 4.27. The molecule has 0 bridgehead atoms. The maximum Gasteiger partial charge on any atom is 0.253 e. The Balaban J connectivity index is 1.84. The number of para-hydroxylation sites is 1. The van der Waals surface area contributed by atoms with Crippen LogP contribution in [0.25, 0.3) is 10.9 Å². The number of amides is 1. The Bertz CT molecular complexity index is 701. The predicted molar refractivity (Wildman–Crippen MR) is 79.6 cm³/mol.